The zero-order valence-electron chi connectivity index (χ0n) is 33.5. The largest absolute Gasteiger partial charge is 0.498 e. The molecule has 0 bridgehead atoms. The molecular formula is C43H80NO7P. The second-order valence-corrected chi connectivity index (χ2v) is 15.4. The smallest absolute Gasteiger partial charge is 0.472 e. The first-order chi connectivity index (χ1) is 25.4. The number of allylic oxidation sites excluding steroid dienone is 7. The molecule has 0 aliphatic heterocycles. The van der Waals surface area contributed by atoms with Gasteiger partial charge in [-0.25, -0.2) is 4.57 Å². The van der Waals surface area contributed by atoms with Crippen LogP contribution in [0.3, 0.4) is 0 Å². The van der Waals surface area contributed by atoms with E-state index < -0.39 is 19.9 Å². The van der Waals surface area contributed by atoms with Gasteiger partial charge in [-0.2, -0.15) is 0 Å². The maximum Gasteiger partial charge on any atom is 0.472 e. The first kappa shape index (κ1) is 50.3. The van der Waals surface area contributed by atoms with E-state index in [1.807, 2.05) is 6.08 Å². The van der Waals surface area contributed by atoms with E-state index in [0.717, 1.165) is 32.1 Å². The predicted molar refractivity (Wildman–Crippen MR) is 219 cm³/mol. The molecule has 3 N–H and O–H groups in total. The van der Waals surface area contributed by atoms with Crippen LogP contribution in [0.5, 0.6) is 0 Å². The normalized spacial score (nSPS) is 13.9. The Labute approximate surface area is 320 Å². The highest BCUT2D eigenvalue weighted by Crippen LogP contribution is 2.43. The van der Waals surface area contributed by atoms with Gasteiger partial charge in [0.2, 0.25) is 0 Å². The minimum atomic E-state index is -4.30. The van der Waals surface area contributed by atoms with Crippen LogP contribution in [0.4, 0.5) is 0 Å². The quantitative estimate of drug-likeness (QED) is 0.0209. The average Bonchev–Trinajstić information content (AvgIpc) is 3.13. The van der Waals surface area contributed by atoms with Crippen LogP contribution < -0.4 is 5.73 Å². The molecule has 0 heterocycles. The molecule has 8 nitrogen and oxygen atoms in total. The van der Waals surface area contributed by atoms with Gasteiger partial charge in [0.25, 0.3) is 0 Å². The van der Waals surface area contributed by atoms with Crippen LogP contribution in [-0.2, 0) is 27.9 Å². The molecule has 0 rings (SSSR count). The van der Waals surface area contributed by atoms with Crippen molar-refractivity contribution in [3.8, 4) is 0 Å². The zero-order chi connectivity index (χ0) is 38.1. The van der Waals surface area contributed by atoms with Gasteiger partial charge in [-0.15, -0.1) is 0 Å². The Bertz CT molecular complexity index is 936. The van der Waals surface area contributed by atoms with E-state index in [9.17, 15) is 14.3 Å². The molecule has 52 heavy (non-hydrogen) atoms. The van der Waals surface area contributed by atoms with Gasteiger partial charge in [0, 0.05) is 13.0 Å². The van der Waals surface area contributed by atoms with Crippen LogP contribution in [0.2, 0.25) is 0 Å². The van der Waals surface area contributed by atoms with Gasteiger partial charge in [-0.05, 0) is 57.4 Å². The van der Waals surface area contributed by atoms with Crippen LogP contribution in [0.15, 0.2) is 48.8 Å². The number of unbranched alkanes of at least 4 members (excludes halogenated alkanes) is 21. The number of hydrogen-bond donors (Lipinski definition) is 2. The molecule has 0 aromatic rings. The molecule has 0 aromatic carbocycles. The van der Waals surface area contributed by atoms with Crippen molar-refractivity contribution in [3.05, 3.63) is 48.8 Å². The maximum atomic E-state index is 12.5. The summed E-state index contributed by atoms with van der Waals surface area (Å²) in [6.45, 7) is 4.18. The number of rotatable bonds is 40. The molecule has 0 radical (unpaired) electrons. The van der Waals surface area contributed by atoms with Crippen molar-refractivity contribution in [2.24, 2.45) is 5.73 Å². The number of phosphoric acid groups is 1. The average molecular weight is 754 g/mol. The SMILES string of the molecule is CCCCCCCCC=CCC=CCC=CCCCC(=O)OC(COC=CCCCCCCCCCCCCCCCC)COP(=O)(O)OCCN. The third-order valence-electron chi connectivity index (χ3n) is 8.81. The number of hydrogen-bond acceptors (Lipinski definition) is 7. The van der Waals surface area contributed by atoms with E-state index in [1.165, 1.54) is 128 Å². The van der Waals surface area contributed by atoms with E-state index >= 15 is 0 Å². The van der Waals surface area contributed by atoms with Crippen molar-refractivity contribution < 1.29 is 32.8 Å². The highest BCUT2D eigenvalue weighted by molar-refractivity contribution is 7.47. The minimum absolute atomic E-state index is 0.0122. The predicted octanol–water partition coefficient (Wildman–Crippen LogP) is 12.8. The lowest BCUT2D eigenvalue weighted by atomic mass is 10.0. The third-order valence-corrected chi connectivity index (χ3v) is 9.80. The summed E-state index contributed by atoms with van der Waals surface area (Å²) in [5.41, 5.74) is 5.35. The van der Waals surface area contributed by atoms with Crippen LogP contribution >= 0.6 is 7.82 Å². The van der Waals surface area contributed by atoms with Crippen molar-refractivity contribution in [2.45, 2.75) is 193 Å². The number of esters is 1. The summed E-state index contributed by atoms with van der Waals surface area (Å²) in [4.78, 5) is 22.4. The molecule has 0 aliphatic carbocycles. The number of carbonyl (C=O) groups is 1. The van der Waals surface area contributed by atoms with Crippen LogP contribution in [0.1, 0.15) is 187 Å². The third kappa shape index (κ3) is 39.5. The summed E-state index contributed by atoms with van der Waals surface area (Å²) in [6, 6.07) is 0. The van der Waals surface area contributed by atoms with E-state index in [2.05, 4.69) is 50.3 Å². The van der Waals surface area contributed by atoms with Crippen molar-refractivity contribution in [3.63, 3.8) is 0 Å². The van der Waals surface area contributed by atoms with Gasteiger partial charge in [-0.1, -0.05) is 166 Å². The zero-order valence-corrected chi connectivity index (χ0v) is 34.4. The second-order valence-electron chi connectivity index (χ2n) is 13.9. The summed E-state index contributed by atoms with van der Waals surface area (Å²) >= 11 is 0. The molecule has 0 amide bonds. The van der Waals surface area contributed by atoms with E-state index in [1.54, 1.807) is 6.26 Å². The fourth-order valence-corrected chi connectivity index (χ4v) is 6.45. The van der Waals surface area contributed by atoms with Gasteiger partial charge in [0.05, 0.1) is 19.5 Å². The molecule has 9 heteroatoms. The Morgan fingerprint density at radius 2 is 1.04 bits per heavy atom. The molecule has 0 saturated heterocycles. The van der Waals surface area contributed by atoms with Crippen molar-refractivity contribution >= 4 is 13.8 Å². The molecule has 0 aromatic heterocycles. The first-order valence-electron chi connectivity index (χ1n) is 21.2. The summed E-state index contributed by atoms with van der Waals surface area (Å²) in [6.07, 6.45) is 48.0. The van der Waals surface area contributed by atoms with Gasteiger partial charge < -0.3 is 20.1 Å². The summed E-state index contributed by atoms with van der Waals surface area (Å²) in [5.74, 6) is -0.403. The molecule has 2 unspecified atom stereocenters. The van der Waals surface area contributed by atoms with Crippen LogP contribution in [0, 0.1) is 0 Å². The highest BCUT2D eigenvalue weighted by Gasteiger charge is 2.25. The minimum Gasteiger partial charge on any atom is -0.498 e. The Hall–Kier alpha value is -1.70. The molecule has 0 spiro atoms. The Morgan fingerprint density at radius 3 is 1.54 bits per heavy atom. The first-order valence-corrected chi connectivity index (χ1v) is 22.7. The second kappa shape index (κ2) is 40.5. The Morgan fingerprint density at radius 1 is 0.596 bits per heavy atom. The fourth-order valence-electron chi connectivity index (χ4n) is 5.68. The number of phosphoric ester groups is 1. The maximum absolute atomic E-state index is 12.5. The summed E-state index contributed by atoms with van der Waals surface area (Å²) < 4.78 is 33.1. The Kier molecular flexibility index (Phi) is 39.2. The van der Waals surface area contributed by atoms with E-state index in [0.29, 0.717) is 6.42 Å². The van der Waals surface area contributed by atoms with Crippen LogP contribution in [0.25, 0.3) is 0 Å². The van der Waals surface area contributed by atoms with Gasteiger partial charge in [0.15, 0.2) is 6.10 Å². The van der Waals surface area contributed by atoms with E-state index in [-0.39, 0.29) is 32.8 Å². The lowest BCUT2D eigenvalue weighted by Gasteiger charge is -2.19. The van der Waals surface area contributed by atoms with Crippen LogP contribution in [-0.4, -0.2) is 43.3 Å². The van der Waals surface area contributed by atoms with Crippen molar-refractivity contribution in [1.29, 1.82) is 0 Å². The number of carbonyl (C=O) groups excluding carboxylic acids is 1. The van der Waals surface area contributed by atoms with Gasteiger partial charge >= 0.3 is 13.8 Å². The van der Waals surface area contributed by atoms with Crippen molar-refractivity contribution in [2.75, 3.05) is 26.4 Å². The lowest BCUT2D eigenvalue weighted by Crippen LogP contribution is -2.27. The molecule has 0 aliphatic rings. The molecular weight excluding hydrogens is 673 g/mol. The standard InChI is InChI=1S/C43H80NO7P/c1-3-5-7-9-11-13-15-17-19-21-22-24-26-28-30-32-34-36-43(45)51-42(41-50-52(46,47)49-39-37-44)40-48-38-35-33-31-29-27-25-23-20-18-16-14-12-10-8-6-4-2/h17,19,22,24,28,30,35,38,42H,3-16,18,20-21,23,25-27,29,31-34,36-37,39-41,44H2,1-2H3,(H,46,47). The van der Waals surface area contributed by atoms with Gasteiger partial charge in [-0.3, -0.25) is 13.8 Å². The van der Waals surface area contributed by atoms with E-state index in [4.69, 9.17) is 24.3 Å². The lowest BCUT2D eigenvalue weighted by molar-refractivity contribution is -0.153. The summed E-state index contributed by atoms with van der Waals surface area (Å²) in [5, 5.41) is 0. The summed E-state index contributed by atoms with van der Waals surface area (Å²) in [7, 11) is -4.30. The number of ether oxygens (including phenoxy) is 2. The topological polar surface area (TPSA) is 117 Å². The molecule has 304 valence electrons. The molecule has 0 fully saturated rings. The molecule has 2 atom stereocenters. The monoisotopic (exact) mass is 754 g/mol. The molecule has 0 saturated carbocycles. The fraction of sp³-hybridized carbons (Fsp3) is 0.791. The Balaban J connectivity index is 4.18. The number of nitrogens with two attached hydrogens (primary N) is 1. The van der Waals surface area contributed by atoms with Gasteiger partial charge in [0.1, 0.15) is 6.61 Å². The highest BCUT2D eigenvalue weighted by atomic mass is 31.2. The van der Waals surface area contributed by atoms with Crippen molar-refractivity contribution in [1.82, 2.24) is 0 Å².